The molecule has 4 rings (SSSR count). The highest BCUT2D eigenvalue weighted by molar-refractivity contribution is 8.01. The van der Waals surface area contributed by atoms with Crippen LogP contribution >= 0.6 is 11.8 Å². The molecule has 9 nitrogen and oxygen atoms in total. The fourth-order valence-electron chi connectivity index (χ4n) is 3.80. The van der Waals surface area contributed by atoms with Crippen LogP contribution in [0.1, 0.15) is 37.3 Å². The van der Waals surface area contributed by atoms with Crippen LogP contribution in [0.25, 0.3) is 0 Å². The number of hydrogen-bond donors (Lipinski definition) is 3. The number of H-pyrrole nitrogens is 1. The molecule has 0 aliphatic carbocycles. The fourth-order valence-corrected chi connectivity index (χ4v) is 5.44. The summed E-state index contributed by atoms with van der Waals surface area (Å²) in [6, 6.07) is 8.12. The molecule has 2 aliphatic heterocycles. The lowest BCUT2D eigenvalue weighted by Gasteiger charge is -2.44. The van der Waals surface area contributed by atoms with E-state index in [9.17, 15) is 9.59 Å². The third kappa shape index (κ3) is 2.88. The van der Waals surface area contributed by atoms with Gasteiger partial charge in [0.15, 0.2) is 5.82 Å². The summed E-state index contributed by atoms with van der Waals surface area (Å²) in [6.45, 7) is 4.10. The number of rotatable bonds is 5. The van der Waals surface area contributed by atoms with Crippen molar-refractivity contribution in [1.29, 1.82) is 0 Å². The van der Waals surface area contributed by atoms with Crippen molar-refractivity contribution in [1.82, 2.24) is 36.2 Å². The maximum absolute atomic E-state index is 12.8. The highest BCUT2D eigenvalue weighted by Gasteiger charge is 2.63. The van der Waals surface area contributed by atoms with Gasteiger partial charge in [-0.25, -0.2) is 5.10 Å². The van der Waals surface area contributed by atoms with Gasteiger partial charge in [-0.1, -0.05) is 30.3 Å². The molecule has 2 aromatic rings. The smallest absolute Gasteiger partial charge is 0.249 e. The van der Waals surface area contributed by atoms with Crippen LogP contribution in [0.15, 0.2) is 30.3 Å². The Morgan fingerprint density at radius 3 is 2.70 bits per heavy atom. The van der Waals surface area contributed by atoms with E-state index < -0.39 is 12.1 Å². The van der Waals surface area contributed by atoms with Gasteiger partial charge in [0, 0.05) is 4.75 Å². The van der Waals surface area contributed by atoms with Crippen LogP contribution < -0.4 is 10.6 Å². The standard InChI is InChI=1S/C17H21N7O2S/c1-17(2)12(13-20-22-23-21-13)24-15(26)11(16(24)27-17)19-14(25)10(18-3)9-7-5-4-6-8-9/h4-8,10-12,16,18H,1-3H3,(H,19,25)(H,20,21,22,23). The van der Waals surface area contributed by atoms with E-state index in [-0.39, 0.29) is 28.0 Å². The first kappa shape index (κ1) is 17.9. The summed E-state index contributed by atoms with van der Waals surface area (Å²) in [7, 11) is 1.73. The number of tetrazole rings is 1. The predicted molar refractivity (Wildman–Crippen MR) is 99.4 cm³/mol. The number of amides is 2. The van der Waals surface area contributed by atoms with Crippen molar-refractivity contribution in [3.05, 3.63) is 41.7 Å². The van der Waals surface area contributed by atoms with Crippen molar-refractivity contribution >= 4 is 23.6 Å². The van der Waals surface area contributed by atoms with E-state index >= 15 is 0 Å². The molecule has 0 bridgehead atoms. The lowest BCUT2D eigenvalue weighted by atomic mass is 9.95. The van der Waals surface area contributed by atoms with Crippen molar-refractivity contribution < 1.29 is 9.59 Å². The number of aromatic amines is 1. The third-order valence-corrected chi connectivity index (χ3v) is 6.61. The average molecular weight is 387 g/mol. The van der Waals surface area contributed by atoms with Gasteiger partial charge in [0.2, 0.25) is 11.8 Å². The number of aromatic nitrogens is 4. The summed E-state index contributed by atoms with van der Waals surface area (Å²) >= 11 is 1.65. The molecule has 27 heavy (non-hydrogen) atoms. The first-order chi connectivity index (χ1) is 12.9. The van der Waals surface area contributed by atoms with Crippen LogP contribution in [-0.2, 0) is 9.59 Å². The Bertz CT molecular complexity index is 842. The Morgan fingerprint density at radius 2 is 2.07 bits per heavy atom. The highest BCUT2D eigenvalue weighted by atomic mass is 32.2. The minimum Gasteiger partial charge on any atom is -0.340 e. The molecular formula is C17H21N7O2S. The number of hydrogen-bond acceptors (Lipinski definition) is 7. The molecule has 142 valence electrons. The Kier molecular flexibility index (Phi) is 4.39. The van der Waals surface area contributed by atoms with Crippen LogP contribution in [0, 0.1) is 0 Å². The molecule has 2 aliphatic rings. The van der Waals surface area contributed by atoms with Gasteiger partial charge in [0.1, 0.15) is 23.5 Å². The molecule has 1 aromatic heterocycles. The number of nitrogens with zero attached hydrogens (tertiary/aromatic N) is 4. The SMILES string of the molecule is CNC(C(=O)NC1C(=O)N2C1SC(C)(C)C2c1nnn[nH]1)c1ccccc1. The van der Waals surface area contributed by atoms with Gasteiger partial charge in [-0.3, -0.25) is 9.59 Å². The van der Waals surface area contributed by atoms with Crippen LogP contribution in [0.3, 0.4) is 0 Å². The number of likely N-dealkylation sites (N-methyl/N-ethyl adjacent to an activating group) is 1. The van der Waals surface area contributed by atoms with E-state index in [1.165, 1.54) is 0 Å². The molecule has 4 atom stereocenters. The average Bonchev–Trinajstić information content (AvgIpc) is 3.25. The molecule has 0 radical (unpaired) electrons. The first-order valence-corrected chi connectivity index (χ1v) is 9.58. The summed E-state index contributed by atoms with van der Waals surface area (Å²) in [6.07, 6.45) is 0. The summed E-state index contributed by atoms with van der Waals surface area (Å²) in [5.41, 5.74) is 0.853. The van der Waals surface area contributed by atoms with Crippen molar-refractivity contribution in [3.8, 4) is 0 Å². The van der Waals surface area contributed by atoms with Gasteiger partial charge in [-0.15, -0.1) is 16.9 Å². The van der Waals surface area contributed by atoms with Crippen LogP contribution in [0.5, 0.6) is 0 Å². The number of carbonyl (C=O) groups is 2. The zero-order valence-corrected chi connectivity index (χ0v) is 16.0. The highest BCUT2D eigenvalue weighted by Crippen LogP contribution is 2.56. The minimum absolute atomic E-state index is 0.115. The maximum Gasteiger partial charge on any atom is 0.249 e. The van der Waals surface area contributed by atoms with Gasteiger partial charge in [0.05, 0.1) is 0 Å². The van der Waals surface area contributed by atoms with E-state index in [1.54, 1.807) is 23.7 Å². The van der Waals surface area contributed by atoms with Gasteiger partial charge < -0.3 is 15.5 Å². The van der Waals surface area contributed by atoms with E-state index in [4.69, 9.17) is 0 Å². The van der Waals surface area contributed by atoms with Crippen molar-refractivity contribution in [2.24, 2.45) is 0 Å². The molecule has 10 heteroatoms. The number of carbonyl (C=O) groups excluding carboxylic acids is 2. The van der Waals surface area contributed by atoms with E-state index in [2.05, 4.69) is 45.1 Å². The zero-order valence-electron chi connectivity index (χ0n) is 15.2. The molecular weight excluding hydrogens is 366 g/mol. The van der Waals surface area contributed by atoms with Crippen LogP contribution in [0.4, 0.5) is 0 Å². The lowest BCUT2D eigenvalue weighted by Crippen LogP contribution is -2.68. The van der Waals surface area contributed by atoms with E-state index in [0.717, 1.165) is 5.56 Å². The number of fused-ring (bicyclic) bond motifs is 1. The van der Waals surface area contributed by atoms with Crippen molar-refractivity contribution in [3.63, 3.8) is 0 Å². The third-order valence-electron chi connectivity index (χ3n) is 5.04. The van der Waals surface area contributed by atoms with Crippen molar-refractivity contribution in [2.45, 2.75) is 42.1 Å². The summed E-state index contributed by atoms with van der Waals surface area (Å²) in [5, 5.41) is 19.8. The molecule has 1 aromatic carbocycles. The van der Waals surface area contributed by atoms with Gasteiger partial charge >= 0.3 is 0 Å². The second-order valence-electron chi connectivity index (χ2n) is 7.17. The maximum atomic E-state index is 12.8. The number of β-lactam (4-membered cyclic amide) rings is 1. The fraction of sp³-hybridized carbons (Fsp3) is 0.471. The molecule has 2 amide bonds. The van der Waals surface area contributed by atoms with Gasteiger partial charge in [-0.05, 0) is 36.9 Å². The summed E-state index contributed by atoms with van der Waals surface area (Å²) in [5.74, 6) is 0.228. The first-order valence-electron chi connectivity index (χ1n) is 8.70. The van der Waals surface area contributed by atoms with Crippen LogP contribution in [-0.4, -0.2) is 60.5 Å². The van der Waals surface area contributed by atoms with Crippen molar-refractivity contribution in [2.75, 3.05) is 7.05 Å². The Hall–Kier alpha value is -2.46. The molecule has 0 saturated carbocycles. The number of benzene rings is 1. The topological polar surface area (TPSA) is 116 Å². The minimum atomic E-state index is -0.554. The molecule has 0 spiro atoms. The number of thioether (sulfide) groups is 1. The summed E-state index contributed by atoms with van der Waals surface area (Å²) < 4.78 is -0.275. The van der Waals surface area contributed by atoms with Gasteiger partial charge in [-0.2, -0.15) is 0 Å². The Balaban J connectivity index is 1.51. The normalized spacial score (nSPS) is 27.0. The van der Waals surface area contributed by atoms with Gasteiger partial charge in [0.25, 0.3) is 0 Å². The molecule has 3 heterocycles. The quantitative estimate of drug-likeness (QED) is 0.635. The van der Waals surface area contributed by atoms with E-state index in [0.29, 0.717) is 5.82 Å². The Labute approximate surface area is 160 Å². The largest absolute Gasteiger partial charge is 0.340 e. The van der Waals surface area contributed by atoms with Crippen LogP contribution in [0.2, 0.25) is 0 Å². The predicted octanol–water partition coefficient (Wildman–Crippen LogP) is 0.380. The molecule has 4 unspecified atom stereocenters. The van der Waals surface area contributed by atoms with E-state index in [1.807, 2.05) is 30.3 Å². The number of nitrogens with one attached hydrogen (secondary N) is 3. The molecule has 2 fully saturated rings. The second-order valence-corrected chi connectivity index (χ2v) is 8.94. The molecule has 2 saturated heterocycles. The second kappa shape index (κ2) is 6.61. The monoisotopic (exact) mass is 387 g/mol. The Morgan fingerprint density at radius 1 is 1.33 bits per heavy atom. The zero-order chi connectivity index (χ0) is 19.2. The molecule has 3 N–H and O–H groups in total. The summed E-state index contributed by atoms with van der Waals surface area (Å²) in [4.78, 5) is 27.4. The lowest BCUT2D eigenvalue weighted by molar-refractivity contribution is -0.152.